The first-order chi connectivity index (χ1) is 7.81. The van der Waals surface area contributed by atoms with Gasteiger partial charge in [-0.15, -0.1) is 0 Å². The lowest BCUT2D eigenvalue weighted by Gasteiger charge is -2.15. The molecule has 1 aliphatic heterocycles. The van der Waals surface area contributed by atoms with E-state index in [1.807, 2.05) is 12.1 Å². The maximum Gasteiger partial charge on any atom is 0.153 e. The van der Waals surface area contributed by atoms with Crippen molar-refractivity contribution >= 4 is 6.29 Å². The molecule has 0 spiro atoms. The van der Waals surface area contributed by atoms with E-state index in [1.165, 1.54) is 12.8 Å². The van der Waals surface area contributed by atoms with Crippen LogP contribution < -0.4 is 0 Å². The summed E-state index contributed by atoms with van der Waals surface area (Å²) in [6.07, 6.45) is 4.07. The van der Waals surface area contributed by atoms with Crippen molar-refractivity contribution in [1.29, 1.82) is 0 Å². The number of aldehydes is 1. The fraction of sp³-hybridized carbons (Fsp3) is 0.462. The summed E-state index contributed by atoms with van der Waals surface area (Å²) in [6, 6.07) is 5.35. The topological polar surface area (TPSA) is 40.5 Å². The minimum absolute atomic E-state index is 0.150. The van der Waals surface area contributed by atoms with Crippen LogP contribution in [0.2, 0.25) is 0 Å². The van der Waals surface area contributed by atoms with Crippen LogP contribution in [0.25, 0.3) is 0 Å². The van der Waals surface area contributed by atoms with Gasteiger partial charge in [-0.05, 0) is 44.0 Å². The standard InChI is InChI=1S/C13H17NO2/c15-10-12-5-3-4-11(13(12)16)6-9-14-7-1-2-8-14/h3-5,10,16H,1-2,6-9H2. The van der Waals surface area contributed by atoms with Crippen LogP contribution in [-0.4, -0.2) is 35.9 Å². The van der Waals surface area contributed by atoms with Crippen LogP contribution in [0.15, 0.2) is 18.2 Å². The maximum absolute atomic E-state index is 10.7. The molecule has 1 fully saturated rings. The molecule has 1 saturated heterocycles. The Bertz CT molecular complexity index is 370. The highest BCUT2D eigenvalue weighted by atomic mass is 16.3. The van der Waals surface area contributed by atoms with E-state index in [2.05, 4.69) is 4.90 Å². The Kier molecular flexibility index (Phi) is 3.57. The summed E-state index contributed by atoms with van der Waals surface area (Å²) < 4.78 is 0. The normalized spacial score (nSPS) is 16.5. The zero-order chi connectivity index (χ0) is 11.4. The first-order valence-electron chi connectivity index (χ1n) is 5.79. The first kappa shape index (κ1) is 11.1. The minimum atomic E-state index is 0.150. The molecule has 1 aliphatic rings. The van der Waals surface area contributed by atoms with Gasteiger partial charge in [-0.1, -0.05) is 12.1 Å². The van der Waals surface area contributed by atoms with E-state index >= 15 is 0 Å². The van der Waals surface area contributed by atoms with Gasteiger partial charge in [-0.2, -0.15) is 0 Å². The number of hydrogen-bond donors (Lipinski definition) is 1. The third kappa shape index (κ3) is 2.42. The van der Waals surface area contributed by atoms with E-state index in [0.717, 1.165) is 31.6 Å². The van der Waals surface area contributed by atoms with Crippen molar-refractivity contribution in [2.45, 2.75) is 19.3 Å². The van der Waals surface area contributed by atoms with Crippen molar-refractivity contribution in [1.82, 2.24) is 4.90 Å². The third-order valence-electron chi connectivity index (χ3n) is 3.17. The van der Waals surface area contributed by atoms with Crippen LogP contribution >= 0.6 is 0 Å². The molecule has 2 rings (SSSR count). The Hall–Kier alpha value is -1.35. The number of aromatic hydroxyl groups is 1. The highest BCUT2D eigenvalue weighted by Gasteiger charge is 2.12. The van der Waals surface area contributed by atoms with E-state index in [0.29, 0.717) is 11.8 Å². The molecule has 0 saturated carbocycles. The Morgan fingerprint density at radius 2 is 2.06 bits per heavy atom. The quantitative estimate of drug-likeness (QED) is 0.785. The van der Waals surface area contributed by atoms with Crippen molar-refractivity contribution in [3.05, 3.63) is 29.3 Å². The second kappa shape index (κ2) is 5.12. The molecule has 3 nitrogen and oxygen atoms in total. The monoisotopic (exact) mass is 219 g/mol. The van der Waals surface area contributed by atoms with Gasteiger partial charge in [0.25, 0.3) is 0 Å². The van der Waals surface area contributed by atoms with Gasteiger partial charge in [-0.3, -0.25) is 4.79 Å². The van der Waals surface area contributed by atoms with Crippen LogP contribution in [0.3, 0.4) is 0 Å². The fourth-order valence-corrected chi connectivity index (χ4v) is 2.19. The molecule has 1 aromatic carbocycles. The molecule has 1 N–H and O–H groups in total. The van der Waals surface area contributed by atoms with Gasteiger partial charge in [0.15, 0.2) is 6.29 Å². The molecule has 0 atom stereocenters. The smallest absolute Gasteiger partial charge is 0.153 e. The number of phenols is 1. The Morgan fingerprint density at radius 3 is 2.75 bits per heavy atom. The lowest BCUT2D eigenvalue weighted by molar-refractivity contribution is 0.112. The summed E-state index contributed by atoms with van der Waals surface area (Å²) in [5.41, 5.74) is 1.26. The molecule has 16 heavy (non-hydrogen) atoms. The number of rotatable bonds is 4. The van der Waals surface area contributed by atoms with Gasteiger partial charge < -0.3 is 10.0 Å². The van der Waals surface area contributed by atoms with Gasteiger partial charge in [0.05, 0.1) is 5.56 Å². The zero-order valence-electron chi connectivity index (χ0n) is 9.35. The average Bonchev–Trinajstić information content (AvgIpc) is 2.81. The summed E-state index contributed by atoms with van der Waals surface area (Å²) in [5, 5.41) is 9.81. The lowest BCUT2D eigenvalue weighted by atomic mass is 10.1. The molecule has 3 heteroatoms. The molecule has 0 amide bonds. The van der Waals surface area contributed by atoms with Gasteiger partial charge in [0.1, 0.15) is 5.75 Å². The largest absolute Gasteiger partial charge is 0.507 e. The second-order valence-corrected chi connectivity index (χ2v) is 4.27. The van der Waals surface area contributed by atoms with Crippen molar-refractivity contribution in [2.75, 3.05) is 19.6 Å². The van der Waals surface area contributed by atoms with E-state index in [4.69, 9.17) is 0 Å². The third-order valence-corrected chi connectivity index (χ3v) is 3.17. The summed E-state index contributed by atoms with van der Waals surface area (Å²) in [5.74, 6) is 0.150. The van der Waals surface area contributed by atoms with Gasteiger partial charge >= 0.3 is 0 Å². The van der Waals surface area contributed by atoms with Gasteiger partial charge in [0.2, 0.25) is 0 Å². The number of likely N-dealkylation sites (tertiary alicyclic amines) is 1. The molecule has 0 aromatic heterocycles. The summed E-state index contributed by atoms with van der Waals surface area (Å²) in [7, 11) is 0. The Labute approximate surface area is 95.7 Å². The molecule has 1 heterocycles. The predicted molar refractivity (Wildman–Crippen MR) is 62.9 cm³/mol. The van der Waals surface area contributed by atoms with E-state index in [1.54, 1.807) is 6.07 Å². The highest BCUT2D eigenvalue weighted by molar-refractivity contribution is 5.79. The SMILES string of the molecule is O=Cc1cccc(CCN2CCCC2)c1O. The van der Waals surface area contributed by atoms with Crippen molar-refractivity contribution in [3.8, 4) is 5.75 Å². The molecular weight excluding hydrogens is 202 g/mol. The fourth-order valence-electron chi connectivity index (χ4n) is 2.19. The van der Waals surface area contributed by atoms with E-state index in [-0.39, 0.29) is 5.75 Å². The van der Waals surface area contributed by atoms with Crippen LogP contribution in [0, 0.1) is 0 Å². The van der Waals surface area contributed by atoms with Gasteiger partial charge in [-0.25, -0.2) is 0 Å². The summed E-state index contributed by atoms with van der Waals surface area (Å²) >= 11 is 0. The average molecular weight is 219 g/mol. The van der Waals surface area contributed by atoms with Gasteiger partial charge in [0, 0.05) is 6.54 Å². The number of para-hydroxylation sites is 1. The lowest BCUT2D eigenvalue weighted by Crippen LogP contribution is -2.22. The first-order valence-corrected chi connectivity index (χ1v) is 5.79. The van der Waals surface area contributed by atoms with E-state index in [9.17, 15) is 9.90 Å². The Morgan fingerprint density at radius 1 is 1.31 bits per heavy atom. The van der Waals surface area contributed by atoms with E-state index < -0.39 is 0 Å². The molecule has 0 aliphatic carbocycles. The summed E-state index contributed by atoms with van der Waals surface area (Å²) in [6.45, 7) is 3.29. The number of hydrogen-bond acceptors (Lipinski definition) is 3. The van der Waals surface area contributed by atoms with Crippen LogP contribution in [-0.2, 0) is 6.42 Å². The molecule has 1 aromatic rings. The maximum atomic E-state index is 10.7. The number of benzene rings is 1. The number of carbonyl (C=O) groups is 1. The Balaban J connectivity index is 2.00. The second-order valence-electron chi connectivity index (χ2n) is 4.27. The molecular formula is C13H17NO2. The summed E-state index contributed by atoms with van der Waals surface area (Å²) in [4.78, 5) is 13.1. The number of carbonyl (C=O) groups excluding carboxylic acids is 1. The highest BCUT2D eigenvalue weighted by Crippen LogP contribution is 2.22. The molecule has 0 unspecified atom stereocenters. The predicted octanol–water partition coefficient (Wildman–Crippen LogP) is 1.84. The minimum Gasteiger partial charge on any atom is -0.507 e. The molecule has 0 radical (unpaired) electrons. The molecule has 86 valence electrons. The van der Waals surface area contributed by atoms with Crippen molar-refractivity contribution in [2.24, 2.45) is 0 Å². The molecule has 0 bridgehead atoms. The number of nitrogens with zero attached hydrogens (tertiary/aromatic N) is 1. The zero-order valence-corrected chi connectivity index (χ0v) is 9.35. The van der Waals surface area contributed by atoms with Crippen molar-refractivity contribution in [3.63, 3.8) is 0 Å². The van der Waals surface area contributed by atoms with Crippen LogP contribution in [0.1, 0.15) is 28.8 Å². The van der Waals surface area contributed by atoms with Crippen LogP contribution in [0.4, 0.5) is 0 Å². The van der Waals surface area contributed by atoms with Crippen LogP contribution in [0.5, 0.6) is 5.75 Å². The number of phenolic OH excluding ortho intramolecular Hbond substituents is 1. The van der Waals surface area contributed by atoms with Crippen molar-refractivity contribution < 1.29 is 9.90 Å².